The third-order valence-electron chi connectivity index (χ3n) is 3.13. The molecule has 1 aromatic rings. The first-order chi connectivity index (χ1) is 8.08. The molecule has 0 aromatic heterocycles. The molecule has 1 heterocycles. The van der Waals surface area contributed by atoms with Crippen molar-refractivity contribution in [2.24, 2.45) is 0 Å². The van der Waals surface area contributed by atoms with E-state index < -0.39 is 6.10 Å². The number of hydrogen-bond acceptors (Lipinski definition) is 2. The molecular formula is C14H18ClNO. The Labute approximate surface area is 108 Å². The fraction of sp³-hybridized carbons (Fsp3) is 0.429. The number of hydrogen-bond donors (Lipinski definition) is 1. The normalized spacial score (nSPS) is 17.9. The van der Waals surface area contributed by atoms with Crippen LogP contribution in [0.3, 0.4) is 0 Å². The number of aliphatic hydroxyl groups excluding tert-OH is 1. The second kappa shape index (κ2) is 5.11. The van der Waals surface area contributed by atoms with Gasteiger partial charge in [-0.3, -0.25) is 0 Å². The number of aliphatic hydroxyl groups is 1. The van der Waals surface area contributed by atoms with Crippen LogP contribution in [0.1, 0.15) is 31.9 Å². The van der Waals surface area contributed by atoms with Crippen LogP contribution in [0.5, 0.6) is 0 Å². The Morgan fingerprint density at radius 3 is 2.76 bits per heavy atom. The lowest BCUT2D eigenvalue weighted by atomic mass is 10.1. The van der Waals surface area contributed by atoms with Gasteiger partial charge in [0.2, 0.25) is 0 Å². The Bertz CT molecular complexity index is 440. The SMILES string of the molecule is CC1=CCCN(c2ccc(C(C)O)cc2Cl)C1. The number of anilines is 1. The molecule has 0 amide bonds. The maximum Gasteiger partial charge on any atom is 0.0762 e. The largest absolute Gasteiger partial charge is 0.389 e. The first-order valence-corrected chi connectivity index (χ1v) is 6.34. The van der Waals surface area contributed by atoms with Crippen LogP contribution in [0.15, 0.2) is 29.8 Å². The Hall–Kier alpha value is -0.990. The van der Waals surface area contributed by atoms with Crippen LogP contribution < -0.4 is 4.90 Å². The van der Waals surface area contributed by atoms with Crippen molar-refractivity contribution >= 4 is 17.3 Å². The zero-order valence-electron chi connectivity index (χ0n) is 10.3. The minimum atomic E-state index is -0.468. The molecule has 0 bridgehead atoms. The summed E-state index contributed by atoms with van der Waals surface area (Å²) in [4.78, 5) is 2.28. The van der Waals surface area contributed by atoms with E-state index in [9.17, 15) is 5.11 Å². The van der Waals surface area contributed by atoms with Gasteiger partial charge in [0.1, 0.15) is 0 Å². The average molecular weight is 252 g/mol. The lowest BCUT2D eigenvalue weighted by Gasteiger charge is -2.29. The third-order valence-corrected chi connectivity index (χ3v) is 3.43. The zero-order valence-corrected chi connectivity index (χ0v) is 11.0. The van der Waals surface area contributed by atoms with E-state index in [1.165, 1.54) is 5.57 Å². The molecule has 2 rings (SSSR count). The summed E-state index contributed by atoms with van der Waals surface area (Å²) in [5.41, 5.74) is 3.30. The molecule has 0 spiro atoms. The number of rotatable bonds is 2. The van der Waals surface area contributed by atoms with Gasteiger partial charge in [-0.25, -0.2) is 0 Å². The molecule has 1 N–H and O–H groups in total. The molecule has 0 radical (unpaired) electrons. The molecule has 1 unspecified atom stereocenters. The van der Waals surface area contributed by atoms with Crippen molar-refractivity contribution in [3.8, 4) is 0 Å². The molecule has 3 heteroatoms. The molecule has 92 valence electrons. The molecule has 1 aliphatic rings. The van der Waals surface area contributed by atoms with Crippen molar-refractivity contribution in [1.82, 2.24) is 0 Å². The lowest BCUT2D eigenvalue weighted by molar-refractivity contribution is 0.199. The summed E-state index contributed by atoms with van der Waals surface area (Å²) in [6, 6.07) is 5.80. The molecule has 1 atom stereocenters. The number of halogens is 1. The van der Waals surface area contributed by atoms with Crippen LogP contribution in [0.4, 0.5) is 5.69 Å². The Balaban J connectivity index is 2.25. The maximum atomic E-state index is 9.51. The van der Waals surface area contributed by atoms with Gasteiger partial charge in [0.05, 0.1) is 16.8 Å². The highest BCUT2D eigenvalue weighted by atomic mass is 35.5. The van der Waals surface area contributed by atoms with E-state index in [1.54, 1.807) is 6.92 Å². The van der Waals surface area contributed by atoms with Gasteiger partial charge in [0.15, 0.2) is 0 Å². The Morgan fingerprint density at radius 1 is 1.41 bits per heavy atom. The molecule has 1 aliphatic heterocycles. The van der Waals surface area contributed by atoms with Gasteiger partial charge in [0.25, 0.3) is 0 Å². The highest BCUT2D eigenvalue weighted by molar-refractivity contribution is 6.33. The summed E-state index contributed by atoms with van der Waals surface area (Å²) in [6.45, 7) is 5.84. The van der Waals surface area contributed by atoms with Crippen molar-refractivity contribution in [2.75, 3.05) is 18.0 Å². The van der Waals surface area contributed by atoms with Crippen molar-refractivity contribution in [2.45, 2.75) is 26.4 Å². The van der Waals surface area contributed by atoms with E-state index in [4.69, 9.17) is 11.6 Å². The van der Waals surface area contributed by atoms with E-state index in [1.807, 2.05) is 18.2 Å². The monoisotopic (exact) mass is 251 g/mol. The summed E-state index contributed by atoms with van der Waals surface area (Å²) >= 11 is 6.28. The minimum Gasteiger partial charge on any atom is -0.389 e. The standard InChI is InChI=1S/C14H18ClNO/c1-10-4-3-7-16(9-10)14-6-5-12(11(2)17)8-13(14)15/h4-6,8,11,17H,3,7,9H2,1-2H3. The second-order valence-corrected chi connectivity index (χ2v) is 5.05. The van der Waals surface area contributed by atoms with Crippen LogP contribution in [0, 0.1) is 0 Å². The van der Waals surface area contributed by atoms with Gasteiger partial charge in [-0.15, -0.1) is 0 Å². The fourth-order valence-electron chi connectivity index (χ4n) is 2.16. The topological polar surface area (TPSA) is 23.5 Å². The van der Waals surface area contributed by atoms with Gasteiger partial charge in [-0.1, -0.05) is 29.3 Å². The third kappa shape index (κ3) is 2.82. The Morgan fingerprint density at radius 2 is 2.18 bits per heavy atom. The van der Waals surface area contributed by atoms with E-state index in [2.05, 4.69) is 17.9 Å². The average Bonchev–Trinajstić information content (AvgIpc) is 2.28. The highest BCUT2D eigenvalue weighted by Crippen LogP contribution is 2.30. The lowest BCUT2D eigenvalue weighted by Crippen LogP contribution is -2.29. The van der Waals surface area contributed by atoms with Crippen LogP contribution in [0.2, 0.25) is 5.02 Å². The van der Waals surface area contributed by atoms with Crippen LogP contribution in [-0.2, 0) is 0 Å². The van der Waals surface area contributed by atoms with Crippen molar-refractivity contribution in [3.63, 3.8) is 0 Å². The van der Waals surface area contributed by atoms with Gasteiger partial charge in [-0.05, 0) is 38.0 Å². The van der Waals surface area contributed by atoms with Crippen molar-refractivity contribution < 1.29 is 5.11 Å². The number of nitrogens with zero attached hydrogens (tertiary/aromatic N) is 1. The van der Waals surface area contributed by atoms with Crippen LogP contribution >= 0.6 is 11.6 Å². The minimum absolute atomic E-state index is 0.468. The summed E-state index contributed by atoms with van der Waals surface area (Å²) in [5, 5.41) is 10.2. The quantitative estimate of drug-likeness (QED) is 0.813. The summed E-state index contributed by atoms with van der Waals surface area (Å²) in [5.74, 6) is 0. The van der Waals surface area contributed by atoms with Gasteiger partial charge >= 0.3 is 0 Å². The van der Waals surface area contributed by atoms with E-state index in [0.29, 0.717) is 0 Å². The highest BCUT2D eigenvalue weighted by Gasteiger charge is 2.14. The van der Waals surface area contributed by atoms with E-state index in [-0.39, 0.29) is 0 Å². The first kappa shape index (κ1) is 12.5. The zero-order chi connectivity index (χ0) is 12.4. The maximum absolute atomic E-state index is 9.51. The molecule has 0 saturated heterocycles. The van der Waals surface area contributed by atoms with E-state index in [0.717, 1.165) is 35.8 Å². The predicted octanol–water partition coefficient (Wildman–Crippen LogP) is 3.55. The molecule has 0 saturated carbocycles. The summed E-state index contributed by atoms with van der Waals surface area (Å²) < 4.78 is 0. The smallest absolute Gasteiger partial charge is 0.0762 e. The Kier molecular flexibility index (Phi) is 3.75. The molecule has 17 heavy (non-hydrogen) atoms. The molecule has 0 aliphatic carbocycles. The second-order valence-electron chi connectivity index (χ2n) is 4.65. The molecule has 2 nitrogen and oxygen atoms in total. The van der Waals surface area contributed by atoms with Gasteiger partial charge in [0, 0.05) is 13.1 Å². The van der Waals surface area contributed by atoms with E-state index >= 15 is 0 Å². The molecule has 0 fully saturated rings. The van der Waals surface area contributed by atoms with Crippen molar-refractivity contribution in [1.29, 1.82) is 0 Å². The summed E-state index contributed by atoms with van der Waals surface area (Å²) in [6.07, 6.45) is 2.87. The predicted molar refractivity (Wildman–Crippen MR) is 72.7 cm³/mol. The molecular weight excluding hydrogens is 234 g/mol. The van der Waals surface area contributed by atoms with Gasteiger partial charge < -0.3 is 10.0 Å². The fourth-order valence-corrected chi connectivity index (χ4v) is 2.47. The first-order valence-electron chi connectivity index (χ1n) is 5.96. The van der Waals surface area contributed by atoms with Gasteiger partial charge in [-0.2, -0.15) is 0 Å². The number of benzene rings is 1. The van der Waals surface area contributed by atoms with Crippen LogP contribution in [-0.4, -0.2) is 18.2 Å². The summed E-state index contributed by atoms with van der Waals surface area (Å²) in [7, 11) is 0. The molecule has 1 aromatic carbocycles. The van der Waals surface area contributed by atoms with Crippen LogP contribution in [0.25, 0.3) is 0 Å². The van der Waals surface area contributed by atoms with Crippen molar-refractivity contribution in [3.05, 3.63) is 40.4 Å².